The lowest BCUT2D eigenvalue weighted by Crippen LogP contribution is -2.28. The van der Waals surface area contributed by atoms with E-state index < -0.39 is 7.14 Å². The zero-order chi connectivity index (χ0) is 20.9. The van der Waals surface area contributed by atoms with Crippen molar-refractivity contribution in [2.24, 2.45) is 0 Å². The van der Waals surface area contributed by atoms with Gasteiger partial charge in [0.25, 0.3) is 0 Å². The second-order valence-corrected chi connectivity index (χ2v) is 12.3. The van der Waals surface area contributed by atoms with Crippen molar-refractivity contribution in [2.75, 3.05) is 31.7 Å². The van der Waals surface area contributed by atoms with Gasteiger partial charge in [-0.2, -0.15) is 0 Å². The molecule has 0 aliphatic carbocycles. The van der Waals surface area contributed by atoms with Crippen LogP contribution >= 0.6 is 7.14 Å². The Bertz CT molecular complexity index is 330. The highest BCUT2D eigenvalue weighted by molar-refractivity contribution is 7.63. The van der Waals surface area contributed by atoms with Crippen LogP contribution in [0.4, 0.5) is 0 Å². The third-order valence-electron chi connectivity index (χ3n) is 5.95. The van der Waals surface area contributed by atoms with E-state index in [1.807, 2.05) is 0 Å². The molecule has 0 N–H and O–H groups in total. The molecule has 0 aromatic heterocycles. The SMILES string of the molecule is CCCCCCCCP(=O)(CCCCCCCC)CN(CCCC)CCCC. The highest BCUT2D eigenvalue weighted by atomic mass is 31.2. The summed E-state index contributed by atoms with van der Waals surface area (Å²) in [6.45, 7) is 11.4. The molecule has 0 spiro atoms. The van der Waals surface area contributed by atoms with Gasteiger partial charge in [0.15, 0.2) is 0 Å². The summed E-state index contributed by atoms with van der Waals surface area (Å²) in [5.74, 6) is 0. The van der Waals surface area contributed by atoms with Gasteiger partial charge >= 0.3 is 0 Å². The van der Waals surface area contributed by atoms with Crippen LogP contribution < -0.4 is 0 Å². The van der Waals surface area contributed by atoms with Gasteiger partial charge in [-0.05, 0) is 38.8 Å². The quantitative estimate of drug-likeness (QED) is 0.130. The molecule has 0 aromatic carbocycles. The summed E-state index contributed by atoms with van der Waals surface area (Å²) >= 11 is 0. The molecule has 170 valence electrons. The van der Waals surface area contributed by atoms with Crippen molar-refractivity contribution in [1.29, 1.82) is 0 Å². The standard InChI is InChI=1S/C25H54NOP/c1-5-9-13-15-17-19-23-28(27,24-20-18-16-14-10-6-2)25-26(21-11-7-3)22-12-8-4/h5-25H2,1-4H3. The summed E-state index contributed by atoms with van der Waals surface area (Å²) in [6.07, 6.45) is 23.5. The fraction of sp³-hybridized carbons (Fsp3) is 1.00. The average Bonchev–Trinajstić information content (AvgIpc) is 2.69. The molecule has 0 rings (SSSR count). The van der Waals surface area contributed by atoms with Crippen LogP contribution in [0.5, 0.6) is 0 Å². The van der Waals surface area contributed by atoms with Gasteiger partial charge in [0.05, 0.1) is 6.29 Å². The highest BCUT2D eigenvalue weighted by Crippen LogP contribution is 2.48. The zero-order valence-corrected chi connectivity index (χ0v) is 21.0. The maximum Gasteiger partial charge on any atom is 0.101 e. The van der Waals surface area contributed by atoms with Crippen LogP contribution in [-0.2, 0) is 4.57 Å². The van der Waals surface area contributed by atoms with E-state index in [4.69, 9.17) is 0 Å². The molecule has 0 aliphatic rings. The van der Waals surface area contributed by atoms with Crippen molar-refractivity contribution in [2.45, 2.75) is 130 Å². The molecule has 0 heterocycles. The maximum absolute atomic E-state index is 13.9. The van der Waals surface area contributed by atoms with Crippen molar-refractivity contribution in [3.63, 3.8) is 0 Å². The van der Waals surface area contributed by atoms with Gasteiger partial charge in [0, 0.05) is 12.3 Å². The lowest BCUT2D eigenvalue weighted by molar-refractivity contribution is 0.301. The molecule has 0 saturated carbocycles. The molecule has 0 fully saturated rings. The van der Waals surface area contributed by atoms with Crippen molar-refractivity contribution >= 4 is 7.14 Å². The van der Waals surface area contributed by atoms with E-state index in [1.54, 1.807) is 0 Å². The molecule has 0 aliphatic heterocycles. The highest BCUT2D eigenvalue weighted by Gasteiger charge is 2.24. The van der Waals surface area contributed by atoms with Crippen LogP contribution in [0.2, 0.25) is 0 Å². The molecule has 2 nitrogen and oxygen atoms in total. The van der Waals surface area contributed by atoms with Gasteiger partial charge in [-0.15, -0.1) is 0 Å². The third-order valence-corrected chi connectivity index (χ3v) is 9.13. The molecule has 3 heteroatoms. The zero-order valence-electron chi connectivity index (χ0n) is 20.2. The van der Waals surface area contributed by atoms with Crippen LogP contribution in [0.3, 0.4) is 0 Å². The summed E-state index contributed by atoms with van der Waals surface area (Å²) in [6, 6.07) is 0. The summed E-state index contributed by atoms with van der Waals surface area (Å²) in [7, 11) is -2.04. The van der Waals surface area contributed by atoms with E-state index in [2.05, 4.69) is 32.6 Å². The van der Waals surface area contributed by atoms with Gasteiger partial charge in [0.1, 0.15) is 7.14 Å². The third kappa shape index (κ3) is 17.1. The Morgan fingerprint density at radius 3 is 1.25 bits per heavy atom. The fourth-order valence-electron chi connectivity index (χ4n) is 3.99. The Morgan fingerprint density at radius 2 is 0.857 bits per heavy atom. The largest absolute Gasteiger partial charge is 0.322 e. The van der Waals surface area contributed by atoms with Crippen molar-refractivity contribution < 1.29 is 4.57 Å². The van der Waals surface area contributed by atoms with E-state index in [0.717, 1.165) is 31.7 Å². The molecular formula is C25H54NOP. The number of unbranched alkanes of at least 4 members (excludes halogenated alkanes) is 12. The van der Waals surface area contributed by atoms with Gasteiger partial charge in [-0.1, -0.05) is 105 Å². The minimum Gasteiger partial charge on any atom is -0.322 e. The predicted molar refractivity (Wildman–Crippen MR) is 130 cm³/mol. The monoisotopic (exact) mass is 415 g/mol. The Balaban J connectivity index is 4.56. The first-order valence-electron chi connectivity index (χ1n) is 12.9. The first-order chi connectivity index (χ1) is 13.6. The van der Waals surface area contributed by atoms with E-state index >= 15 is 0 Å². The topological polar surface area (TPSA) is 20.3 Å². The average molecular weight is 416 g/mol. The molecule has 0 amide bonds. The minimum atomic E-state index is -2.04. The first-order valence-corrected chi connectivity index (χ1v) is 15.2. The second-order valence-electron chi connectivity index (χ2n) is 9.01. The fourth-order valence-corrected chi connectivity index (χ4v) is 7.11. The maximum atomic E-state index is 13.9. The van der Waals surface area contributed by atoms with Crippen LogP contribution in [0.15, 0.2) is 0 Å². The Morgan fingerprint density at radius 1 is 0.500 bits per heavy atom. The molecule has 0 atom stereocenters. The van der Waals surface area contributed by atoms with Crippen LogP contribution in [0.1, 0.15) is 130 Å². The second kappa shape index (κ2) is 20.5. The summed E-state index contributed by atoms with van der Waals surface area (Å²) in [5.41, 5.74) is 0. The Hall–Kier alpha value is 0.190. The number of hydrogen-bond acceptors (Lipinski definition) is 2. The summed E-state index contributed by atoms with van der Waals surface area (Å²) in [4.78, 5) is 2.56. The van der Waals surface area contributed by atoms with Gasteiger partial charge in [-0.25, -0.2) is 0 Å². The molecule has 0 aromatic rings. The van der Waals surface area contributed by atoms with Gasteiger partial charge in [-0.3, -0.25) is 4.90 Å². The molecule has 0 unspecified atom stereocenters. The van der Waals surface area contributed by atoms with Crippen LogP contribution in [0, 0.1) is 0 Å². The smallest absolute Gasteiger partial charge is 0.101 e. The predicted octanol–water partition coefficient (Wildman–Crippen LogP) is 8.93. The number of nitrogens with zero attached hydrogens (tertiary/aromatic N) is 1. The number of rotatable bonds is 22. The van der Waals surface area contributed by atoms with Crippen molar-refractivity contribution in [3.8, 4) is 0 Å². The van der Waals surface area contributed by atoms with E-state index in [9.17, 15) is 4.57 Å². The number of hydrogen-bond donors (Lipinski definition) is 0. The normalized spacial score (nSPS) is 12.2. The Labute approximate surface area is 179 Å². The molecule has 0 bridgehead atoms. The van der Waals surface area contributed by atoms with Crippen molar-refractivity contribution in [3.05, 3.63) is 0 Å². The first kappa shape index (κ1) is 28.2. The van der Waals surface area contributed by atoms with E-state index in [1.165, 1.54) is 103 Å². The van der Waals surface area contributed by atoms with Gasteiger partial charge < -0.3 is 4.57 Å². The summed E-state index contributed by atoms with van der Waals surface area (Å²) < 4.78 is 13.9. The Kier molecular flexibility index (Phi) is 20.6. The summed E-state index contributed by atoms with van der Waals surface area (Å²) in [5, 5.41) is 0. The van der Waals surface area contributed by atoms with E-state index in [0.29, 0.717) is 0 Å². The molecule has 0 radical (unpaired) electrons. The minimum absolute atomic E-state index is 0.900. The molecule has 0 saturated heterocycles. The van der Waals surface area contributed by atoms with Gasteiger partial charge in [0.2, 0.25) is 0 Å². The molecular weight excluding hydrogens is 361 g/mol. The van der Waals surface area contributed by atoms with Crippen molar-refractivity contribution in [1.82, 2.24) is 4.90 Å². The molecule has 28 heavy (non-hydrogen) atoms. The lowest BCUT2D eigenvalue weighted by atomic mass is 10.1. The van der Waals surface area contributed by atoms with E-state index in [-0.39, 0.29) is 0 Å². The van der Waals surface area contributed by atoms with Crippen LogP contribution in [0.25, 0.3) is 0 Å². The lowest BCUT2D eigenvalue weighted by Gasteiger charge is -2.28. The van der Waals surface area contributed by atoms with Crippen LogP contribution in [-0.4, -0.2) is 36.6 Å².